The third kappa shape index (κ3) is 6.59. The average molecular weight is 287 g/mol. The second-order valence-corrected chi connectivity index (χ2v) is 7.86. The highest BCUT2D eigenvalue weighted by Crippen LogP contribution is 2.04. The predicted octanol–water partition coefficient (Wildman–Crippen LogP) is -0.797. The summed E-state index contributed by atoms with van der Waals surface area (Å²) in [6, 6.07) is 0. The minimum Gasteiger partial charge on any atom is -0.465 e. The van der Waals surface area contributed by atoms with E-state index in [4.69, 9.17) is 0 Å². The van der Waals surface area contributed by atoms with Crippen molar-refractivity contribution in [3.63, 3.8) is 0 Å². The topological polar surface area (TPSA) is 97.8 Å². The van der Waals surface area contributed by atoms with Gasteiger partial charge in [0.15, 0.2) is 14.9 Å². The molecule has 0 bridgehead atoms. The molecule has 0 aliphatic rings. The molecule has 0 rings (SSSR count). The van der Waals surface area contributed by atoms with Crippen molar-refractivity contribution in [2.24, 2.45) is 0 Å². The summed E-state index contributed by atoms with van der Waals surface area (Å²) in [6.45, 7) is 2.79. The lowest BCUT2D eigenvalue weighted by Gasteiger charge is -2.18. The minimum atomic E-state index is -4.00. The number of carbonyl (C=O) groups is 1. The fraction of sp³-hybridized carbons (Fsp3) is 0.875. The largest absolute Gasteiger partial charge is 0.465 e. The summed E-state index contributed by atoms with van der Waals surface area (Å²) in [4.78, 5) is 11.1. The van der Waals surface area contributed by atoms with Crippen molar-refractivity contribution in [1.29, 1.82) is 0 Å². The highest BCUT2D eigenvalue weighted by Gasteiger charge is 2.27. The summed E-state index contributed by atoms with van der Waals surface area (Å²) in [5.41, 5.74) is 0. The molecule has 17 heavy (non-hydrogen) atoms. The van der Waals surface area contributed by atoms with E-state index in [-0.39, 0.29) is 13.2 Å². The Morgan fingerprint density at radius 2 is 1.71 bits per heavy atom. The second-order valence-electron chi connectivity index (χ2n) is 3.39. The molecule has 0 N–H and O–H groups in total. The molecule has 0 spiro atoms. The summed E-state index contributed by atoms with van der Waals surface area (Å²) in [6.07, 6.45) is 0.822. The molecule has 0 heterocycles. The Kier molecular flexibility index (Phi) is 6.06. The average Bonchev–Trinajstić information content (AvgIpc) is 2.10. The van der Waals surface area contributed by atoms with E-state index in [1.807, 2.05) is 0 Å². The first kappa shape index (κ1) is 16.3. The molecule has 0 fully saturated rings. The van der Waals surface area contributed by atoms with Crippen LogP contribution >= 0.6 is 0 Å². The van der Waals surface area contributed by atoms with Gasteiger partial charge in [-0.1, -0.05) is 6.92 Å². The molecular formula is C8H17NO6S2. The van der Waals surface area contributed by atoms with Crippen LogP contribution in [0.15, 0.2) is 0 Å². The van der Waals surface area contributed by atoms with Gasteiger partial charge in [-0.25, -0.2) is 16.8 Å². The van der Waals surface area contributed by atoms with Gasteiger partial charge in [-0.15, -0.1) is 0 Å². The maximum Gasteiger partial charge on any atom is 0.321 e. The van der Waals surface area contributed by atoms with Crippen LogP contribution in [0.2, 0.25) is 0 Å². The van der Waals surface area contributed by atoms with Gasteiger partial charge < -0.3 is 4.74 Å². The SMILES string of the molecule is CCOC(=O)CN(CC)S(=O)(=O)CS(C)(=O)=O. The molecule has 0 aromatic carbocycles. The van der Waals surface area contributed by atoms with Gasteiger partial charge >= 0.3 is 5.97 Å². The minimum absolute atomic E-state index is 0.0106. The zero-order chi connectivity index (χ0) is 13.7. The summed E-state index contributed by atoms with van der Waals surface area (Å²) >= 11 is 0. The van der Waals surface area contributed by atoms with E-state index < -0.39 is 37.5 Å². The highest BCUT2D eigenvalue weighted by atomic mass is 32.3. The van der Waals surface area contributed by atoms with E-state index in [1.165, 1.54) is 6.92 Å². The van der Waals surface area contributed by atoms with Crippen molar-refractivity contribution in [3.8, 4) is 0 Å². The molecule has 0 saturated heterocycles. The van der Waals surface area contributed by atoms with Gasteiger partial charge in [0.2, 0.25) is 10.0 Å². The van der Waals surface area contributed by atoms with Crippen LogP contribution in [-0.2, 0) is 29.4 Å². The molecule has 9 heteroatoms. The number of hydrogen-bond acceptors (Lipinski definition) is 6. The van der Waals surface area contributed by atoms with Gasteiger partial charge in [0.05, 0.1) is 6.61 Å². The Morgan fingerprint density at radius 1 is 1.18 bits per heavy atom. The predicted molar refractivity (Wildman–Crippen MR) is 62.5 cm³/mol. The van der Waals surface area contributed by atoms with Gasteiger partial charge in [0.1, 0.15) is 6.54 Å². The second kappa shape index (κ2) is 6.31. The monoisotopic (exact) mass is 287 g/mol. The van der Waals surface area contributed by atoms with Gasteiger partial charge in [-0.05, 0) is 6.92 Å². The molecular weight excluding hydrogens is 270 g/mol. The first-order valence-corrected chi connectivity index (χ1v) is 8.60. The molecule has 0 unspecified atom stereocenters. The molecule has 0 aromatic rings. The van der Waals surface area contributed by atoms with Crippen molar-refractivity contribution < 1.29 is 26.4 Å². The first-order chi connectivity index (χ1) is 7.62. The van der Waals surface area contributed by atoms with Gasteiger partial charge in [-0.2, -0.15) is 4.31 Å². The Morgan fingerprint density at radius 3 is 2.06 bits per heavy atom. The summed E-state index contributed by atoms with van der Waals surface area (Å²) in [5.74, 6) is -0.702. The van der Waals surface area contributed by atoms with Crippen LogP contribution < -0.4 is 0 Å². The standard InChI is InChI=1S/C8H17NO6S2/c1-4-9(6-8(10)15-5-2)17(13,14)7-16(3,11)12/h4-7H2,1-3H3. The molecule has 0 radical (unpaired) electrons. The number of sulfonamides is 1. The highest BCUT2D eigenvalue weighted by molar-refractivity contribution is 8.06. The zero-order valence-electron chi connectivity index (χ0n) is 10.0. The third-order valence-electron chi connectivity index (χ3n) is 1.72. The molecule has 0 aliphatic heterocycles. The third-order valence-corrected chi connectivity index (χ3v) is 5.80. The Balaban J connectivity index is 4.82. The van der Waals surface area contributed by atoms with Crippen molar-refractivity contribution in [3.05, 3.63) is 0 Å². The smallest absolute Gasteiger partial charge is 0.321 e. The Hall–Kier alpha value is -0.670. The van der Waals surface area contributed by atoms with E-state index >= 15 is 0 Å². The van der Waals surface area contributed by atoms with Crippen molar-refractivity contribution >= 4 is 25.8 Å². The summed E-state index contributed by atoms with van der Waals surface area (Å²) in [5, 5.41) is -1.01. The van der Waals surface area contributed by atoms with E-state index in [2.05, 4.69) is 4.74 Å². The van der Waals surface area contributed by atoms with E-state index in [9.17, 15) is 21.6 Å². The number of nitrogens with zero attached hydrogens (tertiary/aromatic N) is 1. The lowest BCUT2D eigenvalue weighted by molar-refractivity contribution is -0.143. The maximum atomic E-state index is 11.7. The van der Waals surface area contributed by atoms with Crippen molar-refractivity contribution in [1.82, 2.24) is 4.31 Å². The molecule has 7 nitrogen and oxygen atoms in total. The van der Waals surface area contributed by atoms with Crippen molar-refractivity contribution in [2.75, 3.05) is 31.0 Å². The Bertz CT molecular complexity index is 452. The van der Waals surface area contributed by atoms with Gasteiger partial charge in [0.25, 0.3) is 0 Å². The van der Waals surface area contributed by atoms with Crippen LogP contribution in [-0.4, -0.2) is 58.1 Å². The van der Waals surface area contributed by atoms with E-state index in [1.54, 1.807) is 6.92 Å². The normalized spacial score (nSPS) is 12.7. The zero-order valence-corrected chi connectivity index (χ0v) is 11.7. The maximum absolute atomic E-state index is 11.7. The van der Waals surface area contributed by atoms with E-state index in [0.717, 1.165) is 10.6 Å². The molecule has 0 saturated carbocycles. The molecule has 0 amide bonds. The van der Waals surface area contributed by atoms with Gasteiger partial charge in [-0.3, -0.25) is 4.79 Å². The lowest BCUT2D eigenvalue weighted by Crippen LogP contribution is -2.39. The van der Waals surface area contributed by atoms with E-state index in [0.29, 0.717) is 0 Å². The first-order valence-electron chi connectivity index (χ1n) is 4.93. The van der Waals surface area contributed by atoms with Crippen LogP contribution in [0.25, 0.3) is 0 Å². The fourth-order valence-corrected chi connectivity index (χ4v) is 4.56. The van der Waals surface area contributed by atoms with Crippen LogP contribution in [0.5, 0.6) is 0 Å². The van der Waals surface area contributed by atoms with Crippen LogP contribution in [0.1, 0.15) is 13.8 Å². The number of sulfone groups is 1. The lowest BCUT2D eigenvalue weighted by atomic mass is 10.6. The van der Waals surface area contributed by atoms with Crippen LogP contribution in [0.4, 0.5) is 0 Å². The number of rotatable bonds is 7. The molecule has 0 atom stereocenters. The van der Waals surface area contributed by atoms with Crippen molar-refractivity contribution in [2.45, 2.75) is 13.8 Å². The van der Waals surface area contributed by atoms with Gasteiger partial charge in [0, 0.05) is 12.8 Å². The number of esters is 1. The number of carbonyl (C=O) groups excluding carboxylic acids is 1. The quantitative estimate of drug-likeness (QED) is 0.569. The molecule has 0 aliphatic carbocycles. The van der Waals surface area contributed by atoms with Crippen LogP contribution in [0, 0.1) is 0 Å². The number of hydrogen-bond donors (Lipinski definition) is 0. The Labute approximate surface area is 102 Å². The number of ether oxygens (including phenoxy) is 1. The van der Waals surface area contributed by atoms with Crippen LogP contribution in [0.3, 0.4) is 0 Å². The fourth-order valence-electron chi connectivity index (χ4n) is 1.10. The summed E-state index contributed by atoms with van der Waals surface area (Å²) in [7, 11) is -7.67. The molecule has 0 aromatic heterocycles. The molecule has 102 valence electrons. The number of likely N-dealkylation sites (N-methyl/N-ethyl adjacent to an activating group) is 1. The summed E-state index contributed by atoms with van der Waals surface area (Å²) < 4.78 is 50.6.